The third-order valence-electron chi connectivity index (χ3n) is 2.32. The van der Waals surface area contributed by atoms with Gasteiger partial charge >= 0.3 is 5.97 Å². The van der Waals surface area contributed by atoms with E-state index in [1.165, 1.54) is 0 Å². The number of hydrogen-bond acceptors (Lipinski definition) is 3. The fraction of sp³-hybridized carbons (Fsp3) is 0.0769. The van der Waals surface area contributed by atoms with Crippen LogP contribution in [0.4, 0.5) is 0 Å². The molecule has 0 N–H and O–H groups in total. The Morgan fingerprint density at radius 2 is 1.89 bits per heavy atom. The Labute approximate surface area is 124 Å². The Morgan fingerprint density at radius 1 is 1.16 bits per heavy atom. The second-order valence-electron chi connectivity index (χ2n) is 3.65. The number of esters is 1. The maximum Gasteiger partial charge on any atom is 0.316 e. The summed E-state index contributed by atoms with van der Waals surface area (Å²) in [7, 11) is 0. The Balaban J connectivity index is 2.22. The molecule has 0 radical (unpaired) electrons. The second-order valence-corrected chi connectivity index (χ2v) is 5.05. The number of nitrogens with zero attached hydrogens (tertiary/aromatic N) is 1. The van der Waals surface area contributed by atoms with Crippen molar-refractivity contribution in [1.82, 2.24) is 4.98 Å². The summed E-state index contributed by atoms with van der Waals surface area (Å²) in [5.41, 5.74) is 0.607. The minimum Gasteiger partial charge on any atom is -0.424 e. The van der Waals surface area contributed by atoms with Crippen LogP contribution in [0.3, 0.4) is 0 Å². The number of benzene rings is 1. The van der Waals surface area contributed by atoms with Crippen LogP contribution in [0.2, 0.25) is 0 Å². The van der Waals surface area contributed by atoms with Crippen molar-refractivity contribution in [3.63, 3.8) is 0 Å². The highest BCUT2D eigenvalue weighted by Crippen LogP contribution is 2.25. The number of pyridine rings is 1. The molecule has 0 spiro atoms. The van der Waals surface area contributed by atoms with Crippen molar-refractivity contribution in [2.45, 2.75) is 6.42 Å². The molecule has 1 aromatic carbocycles. The highest BCUT2D eigenvalue weighted by Gasteiger charge is 2.12. The van der Waals surface area contributed by atoms with Crippen molar-refractivity contribution in [3.05, 3.63) is 46.1 Å². The summed E-state index contributed by atoms with van der Waals surface area (Å²) in [6.45, 7) is 0. The van der Waals surface area contributed by atoms with E-state index in [2.05, 4.69) is 4.98 Å². The Kier molecular flexibility index (Phi) is 4.64. The summed E-state index contributed by atoms with van der Waals surface area (Å²) in [4.78, 5) is 15.9. The van der Waals surface area contributed by atoms with Gasteiger partial charge in [-0.25, -0.2) is 0 Å². The van der Waals surface area contributed by atoms with Crippen LogP contribution < -0.4 is 4.74 Å². The number of para-hydroxylation sites is 1. The standard InChI is InChI=1S/C13H8Cl3NO2/c14-9(13(15)16)7-11(18)19-10-5-1-3-8-4-2-6-17-12(8)10/h1-6H,7H2. The average Bonchev–Trinajstić information content (AvgIpc) is 2.39. The summed E-state index contributed by atoms with van der Waals surface area (Å²) in [6, 6.07) is 9.00. The SMILES string of the molecule is O=C(CC(Cl)=C(Cl)Cl)Oc1cccc2cccnc12. The van der Waals surface area contributed by atoms with Crippen LogP contribution in [0.25, 0.3) is 10.9 Å². The molecule has 0 saturated heterocycles. The molecule has 0 aliphatic heterocycles. The molecule has 0 saturated carbocycles. The molecule has 0 amide bonds. The number of carbonyl (C=O) groups excluding carboxylic acids is 1. The van der Waals surface area contributed by atoms with E-state index < -0.39 is 5.97 Å². The molecule has 98 valence electrons. The van der Waals surface area contributed by atoms with Crippen LogP contribution in [0.1, 0.15) is 6.42 Å². The molecule has 0 bridgehead atoms. The number of fused-ring (bicyclic) bond motifs is 1. The maximum absolute atomic E-state index is 11.7. The molecule has 1 aromatic heterocycles. The van der Waals surface area contributed by atoms with Gasteiger partial charge in [0.1, 0.15) is 10.0 Å². The lowest BCUT2D eigenvalue weighted by Crippen LogP contribution is -2.08. The number of halogens is 3. The molecule has 19 heavy (non-hydrogen) atoms. The van der Waals surface area contributed by atoms with Gasteiger partial charge in [0.25, 0.3) is 0 Å². The highest BCUT2D eigenvalue weighted by molar-refractivity contribution is 6.59. The van der Waals surface area contributed by atoms with E-state index in [1.54, 1.807) is 24.4 Å². The highest BCUT2D eigenvalue weighted by atomic mass is 35.5. The van der Waals surface area contributed by atoms with Gasteiger partial charge in [-0.05, 0) is 12.1 Å². The zero-order valence-electron chi connectivity index (χ0n) is 9.57. The lowest BCUT2D eigenvalue weighted by atomic mass is 10.2. The van der Waals surface area contributed by atoms with Gasteiger partial charge in [-0.3, -0.25) is 9.78 Å². The number of carbonyl (C=O) groups is 1. The summed E-state index contributed by atoms with van der Waals surface area (Å²) in [5.74, 6) is -0.180. The molecule has 3 nitrogen and oxygen atoms in total. The molecule has 2 aromatic rings. The molecule has 2 rings (SSSR count). The maximum atomic E-state index is 11.7. The first-order chi connectivity index (χ1) is 9.08. The molecular formula is C13H8Cl3NO2. The van der Waals surface area contributed by atoms with E-state index in [9.17, 15) is 4.79 Å². The van der Waals surface area contributed by atoms with Crippen LogP contribution in [0.15, 0.2) is 46.1 Å². The summed E-state index contributed by atoms with van der Waals surface area (Å²) >= 11 is 16.6. The van der Waals surface area contributed by atoms with Crippen molar-refractivity contribution in [2.24, 2.45) is 0 Å². The van der Waals surface area contributed by atoms with E-state index in [-0.39, 0.29) is 15.9 Å². The molecular weight excluding hydrogens is 309 g/mol. The summed E-state index contributed by atoms with van der Waals surface area (Å²) in [5, 5.41) is 0.923. The van der Waals surface area contributed by atoms with Crippen LogP contribution in [0.5, 0.6) is 5.75 Å². The average molecular weight is 317 g/mol. The van der Waals surface area contributed by atoms with Crippen molar-refractivity contribution in [1.29, 1.82) is 0 Å². The lowest BCUT2D eigenvalue weighted by Gasteiger charge is -2.06. The predicted molar refractivity (Wildman–Crippen MR) is 76.6 cm³/mol. The van der Waals surface area contributed by atoms with Gasteiger partial charge in [0.2, 0.25) is 0 Å². The number of aromatic nitrogens is 1. The smallest absolute Gasteiger partial charge is 0.316 e. The topological polar surface area (TPSA) is 39.2 Å². The first kappa shape index (κ1) is 14.1. The van der Waals surface area contributed by atoms with Crippen LogP contribution >= 0.6 is 34.8 Å². The monoisotopic (exact) mass is 315 g/mol. The van der Waals surface area contributed by atoms with Crippen molar-refractivity contribution >= 4 is 51.7 Å². The molecule has 0 fully saturated rings. The molecule has 0 aliphatic carbocycles. The third-order valence-corrected chi connectivity index (χ3v) is 3.30. The zero-order chi connectivity index (χ0) is 13.8. The molecule has 1 heterocycles. The predicted octanol–water partition coefficient (Wildman–Crippen LogP) is 4.42. The quantitative estimate of drug-likeness (QED) is 0.621. The third kappa shape index (κ3) is 3.60. The van der Waals surface area contributed by atoms with Gasteiger partial charge in [0.05, 0.1) is 11.5 Å². The Hall–Kier alpha value is -1.29. The Bertz CT molecular complexity index is 646. The summed E-state index contributed by atoms with van der Waals surface area (Å²) in [6.07, 6.45) is 1.44. The fourth-order valence-corrected chi connectivity index (χ4v) is 1.75. The molecule has 0 atom stereocenters. The lowest BCUT2D eigenvalue weighted by molar-refractivity contribution is -0.133. The van der Waals surface area contributed by atoms with Gasteiger partial charge in [-0.2, -0.15) is 0 Å². The van der Waals surface area contributed by atoms with E-state index in [0.29, 0.717) is 11.3 Å². The normalized spacial score (nSPS) is 10.3. The fourth-order valence-electron chi connectivity index (χ4n) is 1.51. The van der Waals surface area contributed by atoms with Crippen LogP contribution in [-0.4, -0.2) is 11.0 Å². The number of hydrogen-bond donors (Lipinski definition) is 0. The van der Waals surface area contributed by atoms with E-state index in [1.807, 2.05) is 12.1 Å². The van der Waals surface area contributed by atoms with Crippen molar-refractivity contribution in [2.75, 3.05) is 0 Å². The van der Waals surface area contributed by atoms with E-state index in [4.69, 9.17) is 39.5 Å². The van der Waals surface area contributed by atoms with Crippen molar-refractivity contribution in [3.8, 4) is 5.75 Å². The zero-order valence-corrected chi connectivity index (χ0v) is 11.8. The Morgan fingerprint density at radius 3 is 2.63 bits per heavy atom. The molecule has 0 unspecified atom stereocenters. The minimum atomic E-state index is -0.554. The minimum absolute atomic E-state index is 0.0431. The first-order valence-corrected chi connectivity index (χ1v) is 6.45. The van der Waals surface area contributed by atoms with Gasteiger partial charge in [-0.15, -0.1) is 0 Å². The number of ether oxygens (including phenoxy) is 1. The van der Waals surface area contributed by atoms with Crippen molar-refractivity contribution < 1.29 is 9.53 Å². The van der Waals surface area contributed by atoms with Crippen LogP contribution in [0, 0.1) is 0 Å². The van der Waals surface area contributed by atoms with Crippen LogP contribution in [-0.2, 0) is 4.79 Å². The van der Waals surface area contributed by atoms with E-state index in [0.717, 1.165) is 5.39 Å². The molecule has 0 aliphatic rings. The van der Waals surface area contributed by atoms with Gasteiger partial charge < -0.3 is 4.74 Å². The van der Waals surface area contributed by atoms with Gasteiger partial charge in [0, 0.05) is 11.6 Å². The summed E-state index contributed by atoms with van der Waals surface area (Å²) < 4.78 is 5.07. The largest absolute Gasteiger partial charge is 0.424 e. The van der Waals surface area contributed by atoms with Gasteiger partial charge in [-0.1, -0.05) is 53.0 Å². The molecule has 6 heteroatoms. The second kappa shape index (κ2) is 6.24. The van der Waals surface area contributed by atoms with Gasteiger partial charge in [0.15, 0.2) is 5.75 Å². The first-order valence-electron chi connectivity index (χ1n) is 5.32. The number of rotatable bonds is 3. The van der Waals surface area contributed by atoms with E-state index >= 15 is 0 Å².